The van der Waals surface area contributed by atoms with Crippen molar-refractivity contribution in [3.63, 3.8) is 0 Å². The Bertz CT molecular complexity index is 502. The molecule has 2 rings (SSSR count). The highest BCUT2D eigenvalue weighted by molar-refractivity contribution is 5.82. The highest BCUT2D eigenvalue weighted by atomic mass is 19.4. The lowest BCUT2D eigenvalue weighted by molar-refractivity contribution is -0.137. The molecular weight excluding hydrogens is 271 g/mol. The number of carbonyl (C=O) groups excluding carboxylic acids is 1. The van der Waals surface area contributed by atoms with Crippen molar-refractivity contribution in [2.75, 3.05) is 24.5 Å². The first-order valence-electron chi connectivity index (χ1n) is 6.33. The lowest BCUT2D eigenvalue weighted by atomic mass is 10.1. The van der Waals surface area contributed by atoms with Crippen LogP contribution in [0.25, 0.3) is 0 Å². The quantitative estimate of drug-likeness (QED) is 0.866. The molecule has 0 aromatic heterocycles. The van der Waals surface area contributed by atoms with Crippen molar-refractivity contribution in [1.29, 1.82) is 0 Å². The largest absolute Gasteiger partial charge is 0.416 e. The zero-order valence-electron chi connectivity index (χ0n) is 10.8. The maximum atomic E-state index is 12.7. The zero-order chi connectivity index (χ0) is 14.8. The van der Waals surface area contributed by atoms with Gasteiger partial charge in [-0.2, -0.15) is 13.2 Å². The molecule has 1 aromatic carbocycles. The fourth-order valence-corrected chi connectivity index (χ4v) is 2.25. The lowest BCUT2D eigenvalue weighted by Crippen LogP contribution is -2.33. The van der Waals surface area contributed by atoms with Crippen LogP contribution in [0.5, 0.6) is 0 Å². The van der Waals surface area contributed by atoms with Gasteiger partial charge < -0.3 is 16.0 Å². The van der Waals surface area contributed by atoms with Gasteiger partial charge in [-0.15, -0.1) is 0 Å². The summed E-state index contributed by atoms with van der Waals surface area (Å²) in [6.45, 7) is 1.32. The average Bonchev–Trinajstić information content (AvgIpc) is 2.61. The Hall–Kier alpha value is -1.76. The molecule has 4 nitrogen and oxygen atoms in total. The topological polar surface area (TPSA) is 58.4 Å². The van der Waals surface area contributed by atoms with E-state index < -0.39 is 11.7 Å². The van der Waals surface area contributed by atoms with Crippen molar-refractivity contribution in [1.82, 2.24) is 5.32 Å². The van der Waals surface area contributed by atoms with Crippen LogP contribution in [-0.4, -0.2) is 25.5 Å². The van der Waals surface area contributed by atoms with E-state index in [4.69, 9.17) is 5.73 Å². The second-order valence-electron chi connectivity index (χ2n) is 4.67. The molecule has 1 heterocycles. The van der Waals surface area contributed by atoms with E-state index in [2.05, 4.69) is 5.32 Å². The Morgan fingerprint density at radius 2 is 2.10 bits per heavy atom. The van der Waals surface area contributed by atoms with Crippen molar-refractivity contribution in [2.45, 2.75) is 19.1 Å². The van der Waals surface area contributed by atoms with Crippen LogP contribution in [0.3, 0.4) is 0 Å². The Kier molecular flexibility index (Phi) is 4.17. The molecule has 1 aliphatic rings. The van der Waals surface area contributed by atoms with Gasteiger partial charge in [-0.3, -0.25) is 4.79 Å². The number of nitrogens with one attached hydrogen (secondary N) is 1. The summed E-state index contributed by atoms with van der Waals surface area (Å²) in [5.41, 5.74) is 5.82. The summed E-state index contributed by atoms with van der Waals surface area (Å²) in [5.74, 6) is -0.134. The van der Waals surface area contributed by atoms with Crippen molar-refractivity contribution < 1.29 is 18.0 Å². The van der Waals surface area contributed by atoms with E-state index in [1.54, 1.807) is 4.90 Å². The van der Waals surface area contributed by atoms with Gasteiger partial charge in [0.1, 0.15) is 0 Å². The van der Waals surface area contributed by atoms with E-state index in [-0.39, 0.29) is 19.0 Å². The Morgan fingerprint density at radius 1 is 1.35 bits per heavy atom. The predicted octanol–water partition coefficient (Wildman–Crippen LogP) is 1.49. The molecule has 1 aliphatic heterocycles. The molecule has 1 fully saturated rings. The number of hydrogen-bond acceptors (Lipinski definition) is 3. The lowest BCUT2D eigenvalue weighted by Gasteiger charge is -2.24. The van der Waals surface area contributed by atoms with Crippen LogP contribution in [0, 0.1) is 0 Å². The van der Waals surface area contributed by atoms with Gasteiger partial charge in [-0.25, -0.2) is 0 Å². The number of nitrogens with two attached hydrogens (primary N) is 1. The average molecular weight is 287 g/mol. The molecule has 110 valence electrons. The molecule has 0 unspecified atom stereocenters. The number of hydrogen-bond donors (Lipinski definition) is 2. The number of amides is 1. The number of anilines is 1. The number of carbonyl (C=O) groups is 1. The first-order valence-corrected chi connectivity index (χ1v) is 6.33. The maximum Gasteiger partial charge on any atom is 0.416 e. The number of halogens is 3. The summed E-state index contributed by atoms with van der Waals surface area (Å²) < 4.78 is 38.1. The molecule has 1 amide bonds. The maximum absolute atomic E-state index is 12.7. The van der Waals surface area contributed by atoms with Crippen LogP contribution in [0.4, 0.5) is 18.9 Å². The third-order valence-electron chi connectivity index (χ3n) is 3.23. The SMILES string of the molecule is NCc1cc(C(F)(F)F)ccc1N1CCCNC(=O)C1. The van der Waals surface area contributed by atoms with Gasteiger partial charge >= 0.3 is 6.18 Å². The number of rotatable bonds is 2. The third kappa shape index (κ3) is 3.22. The smallest absolute Gasteiger partial charge is 0.362 e. The van der Waals surface area contributed by atoms with Gasteiger partial charge in [0.05, 0.1) is 12.1 Å². The van der Waals surface area contributed by atoms with Crippen molar-refractivity contribution in [2.24, 2.45) is 5.73 Å². The number of benzene rings is 1. The molecule has 20 heavy (non-hydrogen) atoms. The predicted molar refractivity (Wildman–Crippen MR) is 69.2 cm³/mol. The van der Waals surface area contributed by atoms with Crippen LogP contribution in [0.1, 0.15) is 17.5 Å². The number of nitrogens with zero attached hydrogens (tertiary/aromatic N) is 1. The molecule has 1 aromatic rings. The molecule has 1 saturated heterocycles. The minimum Gasteiger partial charge on any atom is -0.362 e. The molecule has 3 N–H and O–H groups in total. The second kappa shape index (κ2) is 5.70. The summed E-state index contributed by atoms with van der Waals surface area (Å²) in [6.07, 6.45) is -3.64. The van der Waals surface area contributed by atoms with Crippen molar-refractivity contribution >= 4 is 11.6 Å². The Labute approximate surface area is 114 Å². The highest BCUT2D eigenvalue weighted by Gasteiger charge is 2.31. The minimum absolute atomic E-state index is 0.00261. The van der Waals surface area contributed by atoms with Gasteiger partial charge in [0.2, 0.25) is 5.91 Å². The molecular formula is C13H16F3N3O. The first-order chi connectivity index (χ1) is 9.41. The highest BCUT2D eigenvalue weighted by Crippen LogP contribution is 2.33. The van der Waals surface area contributed by atoms with E-state index in [1.807, 2.05) is 0 Å². The van der Waals surface area contributed by atoms with E-state index >= 15 is 0 Å². The number of alkyl halides is 3. The van der Waals surface area contributed by atoms with E-state index in [0.717, 1.165) is 18.6 Å². The monoisotopic (exact) mass is 287 g/mol. The summed E-state index contributed by atoms with van der Waals surface area (Å²) >= 11 is 0. The van der Waals surface area contributed by atoms with E-state index in [1.165, 1.54) is 6.07 Å². The van der Waals surface area contributed by atoms with Crippen LogP contribution in [0.2, 0.25) is 0 Å². The second-order valence-corrected chi connectivity index (χ2v) is 4.67. The molecule has 0 bridgehead atoms. The van der Waals surface area contributed by atoms with Crippen LogP contribution >= 0.6 is 0 Å². The molecule has 7 heteroatoms. The molecule has 0 aliphatic carbocycles. The van der Waals surface area contributed by atoms with Gasteiger partial charge in [-0.1, -0.05) is 0 Å². The molecule has 0 spiro atoms. The fraction of sp³-hybridized carbons (Fsp3) is 0.462. The van der Waals surface area contributed by atoms with E-state index in [9.17, 15) is 18.0 Å². The van der Waals surface area contributed by atoms with Gasteiger partial charge in [0.25, 0.3) is 0 Å². The minimum atomic E-state index is -4.39. The fourth-order valence-electron chi connectivity index (χ4n) is 2.25. The van der Waals surface area contributed by atoms with E-state index in [0.29, 0.717) is 24.3 Å². The normalized spacial score (nSPS) is 16.8. The summed E-state index contributed by atoms with van der Waals surface area (Å²) in [7, 11) is 0. The van der Waals surface area contributed by atoms with Crippen molar-refractivity contribution in [3.8, 4) is 0 Å². The summed E-state index contributed by atoms with van der Waals surface area (Å²) in [4.78, 5) is 13.3. The van der Waals surface area contributed by atoms with Gasteiger partial charge in [0, 0.05) is 25.3 Å². The van der Waals surface area contributed by atoms with Crippen LogP contribution in [0.15, 0.2) is 18.2 Å². The van der Waals surface area contributed by atoms with Crippen LogP contribution in [-0.2, 0) is 17.5 Å². The first kappa shape index (κ1) is 14.6. The third-order valence-corrected chi connectivity index (χ3v) is 3.23. The van der Waals surface area contributed by atoms with Gasteiger partial charge in [-0.05, 0) is 30.2 Å². The molecule has 0 atom stereocenters. The summed E-state index contributed by atoms with van der Waals surface area (Å²) in [5, 5.41) is 2.73. The van der Waals surface area contributed by atoms with Gasteiger partial charge in [0.15, 0.2) is 0 Å². The van der Waals surface area contributed by atoms with Crippen LogP contribution < -0.4 is 16.0 Å². The summed E-state index contributed by atoms with van der Waals surface area (Å²) in [6, 6.07) is 3.47. The zero-order valence-corrected chi connectivity index (χ0v) is 10.8. The Balaban J connectivity index is 2.33. The Morgan fingerprint density at radius 3 is 2.75 bits per heavy atom. The van der Waals surface area contributed by atoms with Crippen molar-refractivity contribution in [3.05, 3.63) is 29.3 Å². The standard InChI is InChI=1S/C13H16F3N3O/c14-13(15,16)10-2-3-11(9(6-10)7-17)19-5-1-4-18-12(20)8-19/h2-3,6H,1,4-5,7-8,17H2,(H,18,20). The molecule has 0 radical (unpaired) electrons. The molecule has 0 saturated carbocycles.